The van der Waals surface area contributed by atoms with Crippen LogP contribution in [0.2, 0.25) is 0 Å². The fraction of sp³-hybridized carbons (Fsp3) is 0.148. The molecule has 0 aliphatic heterocycles. The van der Waals surface area contributed by atoms with Gasteiger partial charge in [-0.3, -0.25) is 0 Å². The first-order valence-corrected chi connectivity index (χ1v) is 9.91. The quantitative estimate of drug-likeness (QED) is 0.286. The molecule has 0 unspecified atom stereocenters. The van der Waals surface area contributed by atoms with Crippen LogP contribution in [0, 0.1) is 6.92 Å². The van der Waals surface area contributed by atoms with Crippen LogP contribution in [0.5, 0.6) is 0 Å². The van der Waals surface area contributed by atoms with E-state index in [1.54, 1.807) is 0 Å². The lowest BCUT2D eigenvalue weighted by atomic mass is 10.0. The minimum Gasteiger partial charge on any atom is -0.460 e. The van der Waals surface area contributed by atoms with Crippen molar-refractivity contribution in [3.63, 3.8) is 0 Å². The monoisotopic (exact) mass is 393 g/mol. The van der Waals surface area contributed by atoms with E-state index in [9.17, 15) is 0 Å². The van der Waals surface area contributed by atoms with Crippen molar-refractivity contribution in [1.82, 2.24) is 4.57 Å². The van der Waals surface area contributed by atoms with E-state index in [1.165, 1.54) is 43.8 Å². The van der Waals surface area contributed by atoms with Crippen LogP contribution < -0.4 is 4.57 Å². The van der Waals surface area contributed by atoms with Crippen molar-refractivity contribution in [3.8, 4) is 11.3 Å². The molecule has 0 bridgehead atoms. The third-order valence-corrected chi connectivity index (χ3v) is 6.17. The van der Waals surface area contributed by atoms with Gasteiger partial charge in [0.15, 0.2) is 6.20 Å². The van der Waals surface area contributed by atoms with Gasteiger partial charge in [0.25, 0.3) is 0 Å². The van der Waals surface area contributed by atoms with E-state index >= 15 is 0 Å². The van der Waals surface area contributed by atoms with E-state index in [1.807, 2.05) is 12.1 Å². The summed E-state index contributed by atoms with van der Waals surface area (Å²) in [6.45, 7) is 2.05. The molecule has 0 spiro atoms. The number of nitrogens with zero attached hydrogens (tertiary/aromatic N) is 2. The third-order valence-electron chi connectivity index (χ3n) is 6.17. The first-order valence-electron chi connectivity index (χ1n) is 9.91. The topological polar surface area (TPSA) is 21.9 Å². The zero-order chi connectivity index (χ0) is 19.7. The third kappa shape index (κ3) is 2.35. The van der Waals surface area contributed by atoms with Gasteiger partial charge in [-0.15, -0.1) is 0 Å². The molecule has 3 nitrogen and oxygen atoms in total. The molecule has 0 amide bonds. The van der Waals surface area contributed by atoms with Crippen LogP contribution >= 0.6 is 0 Å². The minimum atomic E-state index is 0. The summed E-state index contributed by atoms with van der Waals surface area (Å²) in [5.41, 5.74) is 5.78. The summed E-state index contributed by atoms with van der Waals surface area (Å²) in [4.78, 5) is 0. The lowest BCUT2D eigenvalue weighted by Gasteiger charge is -2.03. The number of para-hydroxylation sites is 1. The number of rotatable bonds is 1. The van der Waals surface area contributed by atoms with Gasteiger partial charge in [0.05, 0.1) is 11.1 Å². The van der Waals surface area contributed by atoms with Gasteiger partial charge >= 0.3 is 0 Å². The normalized spacial score (nSPS) is 11.6. The molecule has 3 heterocycles. The number of hydrogen-bond acceptors (Lipinski definition) is 1. The maximum absolute atomic E-state index is 6.05. The molecule has 6 rings (SSSR count). The Balaban J connectivity index is 0.00000193. The van der Waals surface area contributed by atoms with Crippen LogP contribution in [0.3, 0.4) is 0 Å². The van der Waals surface area contributed by atoms with E-state index in [-0.39, 0.29) is 7.43 Å². The Kier molecular flexibility index (Phi) is 3.97. The SMILES string of the molecule is C.Cc1oc2ccccc2c1-c1cc2c3ccc4ccccc4c3n(C)c2c[n+]1C. The molecule has 148 valence electrons. The number of benzene rings is 3. The van der Waals surface area contributed by atoms with Crippen LogP contribution in [0.25, 0.3) is 54.8 Å². The first-order chi connectivity index (χ1) is 14.1. The first kappa shape index (κ1) is 18.4. The van der Waals surface area contributed by atoms with E-state index in [4.69, 9.17) is 4.42 Å². The van der Waals surface area contributed by atoms with Gasteiger partial charge in [-0.2, -0.15) is 4.57 Å². The molecule has 6 aromatic rings. The highest BCUT2D eigenvalue weighted by molar-refractivity contribution is 6.17. The Bertz CT molecular complexity index is 1580. The summed E-state index contributed by atoms with van der Waals surface area (Å²) in [5, 5.41) is 6.27. The number of hydrogen-bond donors (Lipinski definition) is 0. The number of furan rings is 1. The number of fused-ring (bicyclic) bond motifs is 6. The van der Waals surface area contributed by atoms with Gasteiger partial charge in [-0.05, 0) is 18.4 Å². The van der Waals surface area contributed by atoms with Gasteiger partial charge < -0.3 is 8.98 Å². The Labute approximate surface area is 175 Å². The summed E-state index contributed by atoms with van der Waals surface area (Å²) < 4.78 is 10.6. The number of pyridine rings is 1. The molecule has 0 N–H and O–H groups in total. The maximum Gasteiger partial charge on any atom is 0.217 e. The molecule has 0 radical (unpaired) electrons. The van der Waals surface area contributed by atoms with Gasteiger partial charge in [0, 0.05) is 34.7 Å². The Morgan fingerprint density at radius 3 is 2.40 bits per heavy atom. The highest BCUT2D eigenvalue weighted by Crippen LogP contribution is 2.37. The highest BCUT2D eigenvalue weighted by Gasteiger charge is 2.23. The zero-order valence-electron chi connectivity index (χ0n) is 16.7. The van der Waals surface area contributed by atoms with Crippen LogP contribution in [0.4, 0.5) is 0 Å². The average molecular weight is 394 g/mol. The molecular formula is C27H25N2O+. The molecule has 0 aliphatic rings. The molecule has 0 aliphatic carbocycles. The Morgan fingerprint density at radius 1 is 0.833 bits per heavy atom. The van der Waals surface area contributed by atoms with E-state index in [0.29, 0.717) is 0 Å². The van der Waals surface area contributed by atoms with E-state index in [0.717, 1.165) is 16.7 Å². The van der Waals surface area contributed by atoms with E-state index in [2.05, 4.69) is 90.9 Å². The second kappa shape index (κ2) is 6.46. The summed E-state index contributed by atoms with van der Waals surface area (Å²) in [5.74, 6) is 0.951. The lowest BCUT2D eigenvalue weighted by Crippen LogP contribution is -2.30. The molecule has 0 fully saturated rings. The molecule has 0 saturated heterocycles. The summed E-state index contributed by atoms with van der Waals surface area (Å²) in [7, 11) is 4.28. The molecule has 3 heteroatoms. The van der Waals surface area contributed by atoms with Crippen LogP contribution in [0.15, 0.2) is 77.3 Å². The zero-order valence-corrected chi connectivity index (χ0v) is 16.7. The van der Waals surface area contributed by atoms with Gasteiger partial charge in [0.2, 0.25) is 5.69 Å². The second-order valence-electron chi connectivity index (χ2n) is 7.84. The van der Waals surface area contributed by atoms with Crippen molar-refractivity contribution in [2.75, 3.05) is 0 Å². The maximum atomic E-state index is 6.05. The van der Waals surface area contributed by atoms with Crippen molar-refractivity contribution in [3.05, 3.63) is 78.7 Å². The fourth-order valence-electron chi connectivity index (χ4n) is 4.81. The van der Waals surface area contributed by atoms with Crippen molar-refractivity contribution < 1.29 is 8.98 Å². The lowest BCUT2D eigenvalue weighted by molar-refractivity contribution is -0.659. The predicted molar refractivity (Wildman–Crippen MR) is 126 cm³/mol. The summed E-state index contributed by atoms with van der Waals surface area (Å²) in [6, 6.07) is 23.7. The van der Waals surface area contributed by atoms with E-state index < -0.39 is 0 Å². The largest absolute Gasteiger partial charge is 0.460 e. The molecule has 3 aromatic carbocycles. The molecule has 0 saturated carbocycles. The van der Waals surface area contributed by atoms with Crippen LogP contribution in [0.1, 0.15) is 13.2 Å². The Morgan fingerprint density at radius 2 is 1.57 bits per heavy atom. The smallest absolute Gasteiger partial charge is 0.217 e. The van der Waals surface area contributed by atoms with Crippen molar-refractivity contribution in [1.29, 1.82) is 0 Å². The van der Waals surface area contributed by atoms with Crippen molar-refractivity contribution >= 4 is 43.5 Å². The Hall–Kier alpha value is -3.59. The van der Waals surface area contributed by atoms with Crippen molar-refractivity contribution in [2.45, 2.75) is 14.4 Å². The van der Waals surface area contributed by atoms with Crippen LogP contribution in [-0.2, 0) is 14.1 Å². The van der Waals surface area contributed by atoms with Gasteiger partial charge in [-0.1, -0.05) is 62.0 Å². The van der Waals surface area contributed by atoms with Crippen LogP contribution in [-0.4, -0.2) is 4.57 Å². The summed E-state index contributed by atoms with van der Waals surface area (Å²) in [6.07, 6.45) is 2.24. The number of aryl methyl sites for hydroxylation is 3. The van der Waals surface area contributed by atoms with Gasteiger partial charge in [0.1, 0.15) is 23.9 Å². The number of aromatic nitrogens is 2. The molecule has 30 heavy (non-hydrogen) atoms. The van der Waals surface area contributed by atoms with Crippen molar-refractivity contribution in [2.24, 2.45) is 14.1 Å². The highest BCUT2D eigenvalue weighted by atomic mass is 16.3. The fourth-order valence-corrected chi connectivity index (χ4v) is 4.81. The molecular weight excluding hydrogens is 368 g/mol. The predicted octanol–water partition coefficient (Wildman–Crippen LogP) is 6.67. The standard InChI is InChI=1S/C26H21N2O.CH4/c1-16-25(20-10-6-7-11-24(20)29-16)22-14-21-19-13-12-17-8-4-5-9-18(17)26(19)28(3)23(21)15-27(22)2;/h4-15H,1-3H3;1H4/q+1;. The molecule has 3 aromatic heterocycles. The summed E-state index contributed by atoms with van der Waals surface area (Å²) >= 11 is 0. The minimum absolute atomic E-state index is 0. The van der Waals surface area contributed by atoms with Gasteiger partial charge in [-0.25, -0.2) is 0 Å². The molecule has 0 atom stereocenters. The second-order valence-corrected chi connectivity index (χ2v) is 7.84. The average Bonchev–Trinajstić information content (AvgIpc) is 3.21.